The monoisotopic (exact) mass is 297 g/mol. The van der Waals surface area contributed by atoms with E-state index < -0.39 is 0 Å². The Kier molecular flexibility index (Phi) is 5.13. The highest BCUT2D eigenvalue weighted by atomic mass is 16.5. The minimum Gasteiger partial charge on any atom is -0.461 e. The Balaban J connectivity index is 2.24. The van der Waals surface area contributed by atoms with Crippen LogP contribution in [0.4, 0.5) is 11.9 Å². The third kappa shape index (κ3) is 4.15. The van der Waals surface area contributed by atoms with Crippen molar-refractivity contribution in [3.8, 4) is 6.01 Å². The third-order valence-electron chi connectivity index (χ3n) is 2.98. The Hall–Kier alpha value is -1.67. The minimum atomic E-state index is -0.238. The Morgan fingerprint density at radius 2 is 2.14 bits per heavy atom. The number of aliphatic hydroxyl groups is 1. The van der Waals surface area contributed by atoms with Gasteiger partial charge in [-0.05, 0) is 20.8 Å². The van der Waals surface area contributed by atoms with Crippen molar-refractivity contribution in [1.29, 1.82) is 0 Å². The maximum absolute atomic E-state index is 9.31. The Bertz CT molecular complexity index is 471. The van der Waals surface area contributed by atoms with Crippen LogP contribution in [0, 0.1) is 0 Å². The molecule has 118 valence electrons. The predicted molar refractivity (Wildman–Crippen MR) is 78.8 cm³/mol. The van der Waals surface area contributed by atoms with Crippen molar-refractivity contribution < 1.29 is 14.6 Å². The molecule has 1 aromatic heterocycles. The van der Waals surface area contributed by atoms with Crippen LogP contribution in [0.25, 0.3) is 0 Å². The molecule has 0 aromatic carbocycles. The lowest BCUT2D eigenvalue weighted by Gasteiger charge is -2.36. The molecule has 2 unspecified atom stereocenters. The number of nitrogens with one attached hydrogen (secondary N) is 1. The van der Waals surface area contributed by atoms with Crippen molar-refractivity contribution in [3.63, 3.8) is 0 Å². The van der Waals surface area contributed by atoms with Gasteiger partial charge in [0, 0.05) is 20.1 Å². The lowest BCUT2D eigenvalue weighted by atomic mass is 10.2. The van der Waals surface area contributed by atoms with Crippen LogP contribution >= 0.6 is 0 Å². The van der Waals surface area contributed by atoms with Gasteiger partial charge in [-0.15, -0.1) is 0 Å². The summed E-state index contributed by atoms with van der Waals surface area (Å²) in [5.41, 5.74) is 0. The molecule has 8 nitrogen and oxygen atoms in total. The summed E-state index contributed by atoms with van der Waals surface area (Å²) in [7, 11) is 1.75. The molecule has 2 N–H and O–H groups in total. The molecule has 8 heteroatoms. The van der Waals surface area contributed by atoms with Crippen molar-refractivity contribution in [3.05, 3.63) is 0 Å². The first-order valence-electron chi connectivity index (χ1n) is 7.13. The second-order valence-electron chi connectivity index (χ2n) is 5.31. The summed E-state index contributed by atoms with van der Waals surface area (Å²) in [6, 6.07) is 0.291. The predicted octanol–water partition coefficient (Wildman–Crippen LogP) is 0.286. The number of aliphatic hydroxyl groups excluding tert-OH is 1. The number of morpholine rings is 1. The van der Waals surface area contributed by atoms with Crippen molar-refractivity contribution in [1.82, 2.24) is 15.0 Å². The SMILES string of the molecule is CNc1nc(OC(C)C)nc(N2CC(C)OC(CO)C2)n1. The van der Waals surface area contributed by atoms with Gasteiger partial charge in [-0.3, -0.25) is 0 Å². The summed E-state index contributed by atoms with van der Waals surface area (Å²) in [5, 5.41) is 12.2. The molecule has 0 amide bonds. The van der Waals surface area contributed by atoms with Gasteiger partial charge in [-0.1, -0.05) is 0 Å². The van der Waals surface area contributed by atoms with E-state index in [1.54, 1.807) is 7.05 Å². The van der Waals surface area contributed by atoms with E-state index >= 15 is 0 Å². The highest BCUT2D eigenvalue weighted by Crippen LogP contribution is 2.20. The summed E-state index contributed by atoms with van der Waals surface area (Å²) in [6.45, 7) is 6.96. The van der Waals surface area contributed by atoms with Crippen LogP contribution in [-0.2, 0) is 4.74 Å². The molecular weight excluding hydrogens is 274 g/mol. The van der Waals surface area contributed by atoms with Crippen molar-refractivity contribution in [2.75, 3.05) is 37.0 Å². The van der Waals surface area contributed by atoms with Gasteiger partial charge in [-0.25, -0.2) is 0 Å². The van der Waals surface area contributed by atoms with Crippen LogP contribution in [0.15, 0.2) is 0 Å². The molecule has 0 spiro atoms. The van der Waals surface area contributed by atoms with Crippen LogP contribution in [0.1, 0.15) is 20.8 Å². The summed E-state index contributed by atoms with van der Waals surface area (Å²) >= 11 is 0. The highest BCUT2D eigenvalue weighted by molar-refractivity contribution is 5.38. The fraction of sp³-hybridized carbons (Fsp3) is 0.769. The number of hydrogen-bond donors (Lipinski definition) is 2. The standard InChI is InChI=1S/C13H23N5O3/c1-8(2)20-13-16-11(14-4)15-12(17-13)18-5-9(3)21-10(6-18)7-19/h8-10,19H,5-7H2,1-4H3,(H,14,15,16,17). The largest absolute Gasteiger partial charge is 0.461 e. The van der Waals surface area contributed by atoms with Crippen molar-refractivity contribution in [2.45, 2.75) is 39.1 Å². The van der Waals surface area contributed by atoms with E-state index in [9.17, 15) is 5.11 Å². The molecule has 2 rings (SSSR count). The molecule has 2 atom stereocenters. The molecule has 1 aliphatic rings. The van der Waals surface area contributed by atoms with Crippen LogP contribution < -0.4 is 15.0 Å². The lowest BCUT2D eigenvalue weighted by molar-refractivity contribution is -0.0425. The van der Waals surface area contributed by atoms with Gasteiger partial charge in [0.1, 0.15) is 0 Å². The van der Waals surface area contributed by atoms with Gasteiger partial charge in [0.25, 0.3) is 0 Å². The summed E-state index contributed by atoms with van der Waals surface area (Å²) in [6.07, 6.45) is -0.253. The van der Waals surface area contributed by atoms with Crippen LogP contribution in [0.3, 0.4) is 0 Å². The van der Waals surface area contributed by atoms with Crippen molar-refractivity contribution in [2.24, 2.45) is 0 Å². The molecule has 21 heavy (non-hydrogen) atoms. The molecule has 1 saturated heterocycles. The second-order valence-corrected chi connectivity index (χ2v) is 5.31. The lowest BCUT2D eigenvalue weighted by Crippen LogP contribution is -2.48. The Morgan fingerprint density at radius 3 is 2.76 bits per heavy atom. The quantitative estimate of drug-likeness (QED) is 0.801. The number of aromatic nitrogens is 3. The zero-order valence-electron chi connectivity index (χ0n) is 12.9. The smallest absolute Gasteiger partial charge is 0.323 e. The second kappa shape index (κ2) is 6.86. The maximum atomic E-state index is 9.31. The molecule has 1 aliphatic heterocycles. The average Bonchev–Trinajstić information content (AvgIpc) is 2.45. The maximum Gasteiger partial charge on any atom is 0.323 e. The topological polar surface area (TPSA) is 92.6 Å². The molecule has 1 fully saturated rings. The summed E-state index contributed by atoms with van der Waals surface area (Å²) in [5.74, 6) is 0.981. The van der Waals surface area contributed by atoms with E-state index in [2.05, 4.69) is 20.3 Å². The molecule has 0 aliphatic carbocycles. The first-order valence-corrected chi connectivity index (χ1v) is 7.13. The van der Waals surface area contributed by atoms with Crippen LogP contribution in [0.5, 0.6) is 6.01 Å². The van der Waals surface area contributed by atoms with E-state index in [0.717, 1.165) is 0 Å². The van der Waals surface area contributed by atoms with Crippen LogP contribution in [0.2, 0.25) is 0 Å². The number of nitrogens with zero attached hydrogens (tertiary/aromatic N) is 4. The zero-order chi connectivity index (χ0) is 15.4. The van der Waals surface area contributed by atoms with Gasteiger partial charge in [-0.2, -0.15) is 15.0 Å². The van der Waals surface area contributed by atoms with E-state index in [1.165, 1.54) is 0 Å². The van der Waals surface area contributed by atoms with Crippen LogP contribution in [-0.4, -0.2) is 65.1 Å². The normalized spacial score (nSPS) is 22.5. The molecule has 2 heterocycles. The number of rotatable bonds is 5. The molecule has 1 aromatic rings. The van der Waals surface area contributed by atoms with Gasteiger partial charge in [0.15, 0.2) is 0 Å². The highest BCUT2D eigenvalue weighted by Gasteiger charge is 2.27. The molecular formula is C13H23N5O3. The number of hydrogen-bond acceptors (Lipinski definition) is 8. The first-order chi connectivity index (χ1) is 10.0. The Morgan fingerprint density at radius 1 is 1.38 bits per heavy atom. The fourth-order valence-electron chi connectivity index (χ4n) is 2.17. The average molecular weight is 297 g/mol. The van der Waals surface area contributed by atoms with Gasteiger partial charge < -0.3 is 24.8 Å². The van der Waals surface area contributed by atoms with E-state index in [0.29, 0.717) is 31.0 Å². The van der Waals surface area contributed by atoms with Crippen molar-refractivity contribution >= 4 is 11.9 Å². The summed E-state index contributed by atoms with van der Waals surface area (Å²) in [4.78, 5) is 14.9. The fourth-order valence-corrected chi connectivity index (χ4v) is 2.17. The number of ether oxygens (including phenoxy) is 2. The Labute approximate surface area is 124 Å². The molecule has 0 saturated carbocycles. The van der Waals surface area contributed by atoms with Gasteiger partial charge >= 0.3 is 6.01 Å². The summed E-state index contributed by atoms with van der Waals surface area (Å²) < 4.78 is 11.2. The molecule has 0 radical (unpaired) electrons. The first kappa shape index (κ1) is 15.7. The minimum absolute atomic E-state index is 0.000156. The third-order valence-corrected chi connectivity index (χ3v) is 2.98. The zero-order valence-corrected chi connectivity index (χ0v) is 12.9. The van der Waals surface area contributed by atoms with E-state index in [4.69, 9.17) is 9.47 Å². The van der Waals surface area contributed by atoms with Gasteiger partial charge in [0.05, 0.1) is 24.9 Å². The van der Waals surface area contributed by atoms with E-state index in [-0.39, 0.29) is 24.9 Å². The van der Waals surface area contributed by atoms with Gasteiger partial charge in [0.2, 0.25) is 11.9 Å². The number of anilines is 2. The van der Waals surface area contributed by atoms with E-state index in [1.807, 2.05) is 25.7 Å². The molecule has 0 bridgehead atoms.